The average molecular weight is 412 g/mol. The van der Waals surface area contributed by atoms with Gasteiger partial charge in [0, 0.05) is 24.5 Å². The number of hydrogen-bond acceptors (Lipinski definition) is 4. The zero-order chi connectivity index (χ0) is 21.7. The summed E-state index contributed by atoms with van der Waals surface area (Å²) in [6.07, 6.45) is 1.96. The van der Waals surface area contributed by atoms with Gasteiger partial charge in [0.15, 0.2) is 0 Å². The maximum absolute atomic E-state index is 12.9. The molecule has 2 N–H and O–H groups in total. The van der Waals surface area contributed by atoms with E-state index < -0.39 is 11.6 Å². The fourth-order valence-corrected chi connectivity index (χ4v) is 3.41. The van der Waals surface area contributed by atoms with Crippen molar-refractivity contribution in [1.29, 1.82) is 0 Å². The number of aryl methyl sites for hydroxylation is 1. The standard InChI is InChI=1S/C22H28N4O4/c1-15-10-12-25(13-11-15)20(27)14-26-16(2)4-9-19(21(26)28)24-22(29)23-17-5-7-18(30-3)8-6-17/h4-9,15H,10-14H2,1-3H3,(H2,23,24,29). The Morgan fingerprint density at radius 2 is 1.73 bits per heavy atom. The number of piperidine rings is 1. The molecule has 0 spiro atoms. The summed E-state index contributed by atoms with van der Waals surface area (Å²) in [5, 5.41) is 5.24. The van der Waals surface area contributed by atoms with E-state index in [4.69, 9.17) is 4.74 Å². The zero-order valence-corrected chi connectivity index (χ0v) is 17.6. The molecule has 1 saturated heterocycles. The number of carbonyl (C=O) groups excluding carboxylic acids is 2. The molecule has 0 radical (unpaired) electrons. The summed E-state index contributed by atoms with van der Waals surface area (Å²) in [5.41, 5.74) is 0.945. The summed E-state index contributed by atoms with van der Waals surface area (Å²) in [6, 6.07) is 9.57. The number of methoxy groups -OCH3 is 1. The van der Waals surface area contributed by atoms with E-state index in [1.807, 2.05) is 4.90 Å². The quantitative estimate of drug-likeness (QED) is 0.789. The largest absolute Gasteiger partial charge is 0.497 e. The van der Waals surface area contributed by atoms with Gasteiger partial charge >= 0.3 is 6.03 Å². The van der Waals surface area contributed by atoms with Gasteiger partial charge in [0.25, 0.3) is 5.56 Å². The molecule has 3 amide bonds. The second kappa shape index (κ2) is 9.47. The number of rotatable bonds is 5. The second-order valence-electron chi connectivity index (χ2n) is 7.65. The molecule has 1 aliphatic rings. The topological polar surface area (TPSA) is 92.7 Å². The van der Waals surface area contributed by atoms with Gasteiger partial charge in [-0.3, -0.25) is 9.59 Å². The molecule has 0 aliphatic carbocycles. The van der Waals surface area contributed by atoms with Gasteiger partial charge in [0.05, 0.1) is 7.11 Å². The van der Waals surface area contributed by atoms with Gasteiger partial charge in [-0.2, -0.15) is 0 Å². The van der Waals surface area contributed by atoms with Crippen LogP contribution in [0.5, 0.6) is 5.75 Å². The summed E-state index contributed by atoms with van der Waals surface area (Å²) >= 11 is 0. The number of urea groups is 1. The van der Waals surface area contributed by atoms with Crippen LogP contribution in [0.15, 0.2) is 41.2 Å². The van der Waals surface area contributed by atoms with E-state index in [2.05, 4.69) is 17.6 Å². The Bertz CT molecular complexity index is 960. The highest BCUT2D eigenvalue weighted by Gasteiger charge is 2.21. The number of nitrogens with zero attached hydrogens (tertiary/aromatic N) is 2. The van der Waals surface area contributed by atoms with E-state index in [1.165, 1.54) is 4.57 Å². The molecule has 2 aromatic rings. The van der Waals surface area contributed by atoms with Crippen molar-refractivity contribution >= 4 is 23.3 Å². The van der Waals surface area contributed by atoms with Crippen LogP contribution in [-0.4, -0.2) is 41.6 Å². The predicted octanol–water partition coefficient (Wildman–Crippen LogP) is 3.07. The number of carbonyl (C=O) groups is 2. The van der Waals surface area contributed by atoms with Crippen LogP contribution in [0, 0.1) is 12.8 Å². The first-order valence-corrected chi connectivity index (χ1v) is 10.1. The van der Waals surface area contributed by atoms with Gasteiger partial charge in [-0.1, -0.05) is 6.92 Å². The number of likely N-dealkylation sites (tertiary alicyclic amines) is 1. The van der Waals surface area contributed by atoms with Crippen molar-refractivity contribution in [2.45, 2.75) is 33.2 Å². The lowest BCUT2D eigenvalue weighted by Gasteiger charge is -2.30. The van der Waals surface area contributed by atoms with E-state index in [0.29, 0.717) is 23.0 Å². The van der Waals surface area contributed by atoms with Gasteiger partial charge < -0.3 is 24.8 Å². The molecule has 1 aliphatic heterocycles. The lowest BCUT2D eigenvalue weighted by atomic mass is 9.99. The fraction of sp³-hybridized carbons (Fsp3) is 0.409. The second-order valence-corrected chi connectivity index (χ2v) is 7.65. The Kier molecular flexibility index (Phi) is 6.76. The van der Waals surface area contributed by atoms with Crippen LogP contribution < -0.4 is 20.9 Å². The Morgan fingerprint density at radius 1 is 1.07 bits per heavy atom. The molecular weight excluding hydrogens is 384 g/mol. The molecule has 30 heavy (non-hydrogen) atoms. The third-order valence-corrected chi connectivity index (χ3v) is 5.42. The predicted molar refractivity (Wildman–Crippen MR) is 116 cm³/mol. The number of anilines is 2. The minimum Gasteiger partial charge on any atom is -0.497 e. The third kappa shape index (κ3) is 5.20. The van der Waals surface area contributed by atoms with Crippen molar-refractivity contribution < 1.29 is 14.3 Å². The summed E-state index contributed by atoms with van der Waals surface area (Å²) in [5.74, 6) is 1.22. The molecule has 2 heterocycles. The number of hydrogen-bond donors (Lipinski definition) is 2. The van der Waals surface area contributed by atoms with Crippen LogP contribution >= 0.6 is 0 Å². The Balaban J connectivity index is 1.68. The molecule has 0 bridgehead atoms. The van der Waals surface area contributed by atoms with E-state index in [9.17, 15) is 14.4 Å². The summed E-state index contributed by atoms with van der Waals surface area (Å²) in [6.45, 7) is 5.36. The molecule has 0 unspecified atom stereocenters. The van der Waals surface area contributed by atoms with Crippen molar-refractivity contribution in [3.63, 3.8) is 0 Å². The number of pyridine rings is 1. The molecule has 3 rings (SSSR count). The first-order valence-electron chi connectivity index (χ1n) is 10.1. The smallest absolute Gasteiger partial charge is 0.323 e. The van der Waals surface area contributed by atoms with Crippen LogP contribution in [0.4, 0.5) is 16.2 Å². The molecule has 1 fully saturated rings. The van der Waals surface area contributed by atoms with E-state index >= 15 is 0 Å². The lowest BCUT2D eigenvalue weighted by Crippen LogP contribution is -2.41. The molecule has 1 aromatic carbocycles. The van der Waals surface area contributed by atoms with E-state index in [-0.39, 0.29) is 18.1 Å². The van der Waals surface area contributed by atoms with Crippen molar-refractivity contribution in [3.8, 4) is 5.75 Å². The molecule has 0 atom stereocenters. The van der Waals surface area contributed by atoms with Crippen molar-refractivity contribution in [3.05, 3.63) is 52.4 Å². The van der Waals surface area contributed by atoms with Crippen LogP contribution in [0.25, 0.3) is 0 Å². The van der Waals surface area contributed by atoms with Crippen molar-refractivity contribution in [2.75, 3.05) is 30.8 Å². The molecule has 8 heteroatoms. The molecular formula is C22H28N4O4. The Morgan fingerprint density at radius 3 is 2.37 bits per heavy atom. The highest BCUT2D eigenvalue weighted by Crippen LogP contribution is 2.17. The van der Waals surface area contributed by atoms with Crippen LogP contribution in [0.2, 0.25) is 0 Å². The highest BCUT2D eigenvalue weighted by molar-refractivity contribution is 5.99. The Labute approximate surface area is 175 Å². The SMILES string of the molecule is COc1ccc(NC(=O)Nc2ccc(C)n(CC(=O)N3CCC(C)CC3)c2=O)cc1. The minimum atomic E-state index is -0.538. The number of amides is 3. The summed E-state index contributed by atoms with van der Waals surface area (Å²) < 4.78 is 6.49. The van der Waals surface area contributed by atoms with Crippen molar-refractivity contribution in [1.82, 2.24) is 9.47 Å². The maximum Gasteiger partial charge on any atom is 0.323 e. The van der Waals surface area contributed by atoms with Gasteiger partial charge in [-0.15, -0.1) is 0 Å². The summed E-state index contributed by atoms with van der Waals surface area (Å²) in [7, 11) is 1.56. The molecule has 1 aromatic heterocycles. The number of ether oxygens (including phenoxy) is 1. The first-order chi connectivity index (χ1) is 14.4. The Hall–Kier alpha value is -3.29. The molecule has 0 saturated carbocycles. The first kappa shape index (κ1) is 21.4. The van der Waals surface area contributed by atoms with Gasteiger partial charge in [0.1, 0.15) is 18.0 Å². The van der Waals surface area contributed by atoms with E-state index in [1.54, 1.807) is 50.4 Å². The maximum atomic E-state index is 12.9. The third-order valence-electron chi connectivity index (χ3n) is 5.42. The van der Waals surface area contributed by atoms with Gasteiger partial charge in [-0.05, 0) is 62.1 Å². The van der Waals surface area contributed by atoms with Crippen LogP contribution in [0.1, 0.15) is 25.5 Å². The molecule has 160 valence electrons. The van der Waals surface area contributed by atoms with E-state index in [0.717, 1.165) is 25.9 Å². The number of nitrogens with one attached hydrogen (secondary N) is 2. The molecule has 8 nitrogen and oxygen atoms in total. The fourth-order valence-electron chi connectivity index (χ4n) is 3.41. The summed E-state index contributed by atoms with van der Waals surface area (Å²) in [4.78, 5) is 39.6. The number of aromatic nitrogens is 1. The average Bonchev–Trinajstić information content (AvgIpc) is 2.74. The lowest BCUT2D eigenvalue weighted by molar-refractivity contribution is -0.133. The minimum absolute atomic E-state index is 0.0331. The zero-order valence-electron chi connectivity index (χ0n) is 17.6. The van der Waals surface area contributed by atoms with Gasteiger partial charge in [-0.25, -0.2) is 4.79 Å². The number of benzene rings is 1. The van der Waals surface area contributed by atoms with Crippen molar-refractivity contribution in [2.24, 2.45) is 5.92 Å². The normalized spacial score (nSPS) is 14.3. The highest BCUT2D eigenvalue weighted by atomic mass is 16.5. The van der Waals surface area contributed by atoms with Gasteiger partial charge in [0.2, 0.25) is 5.91 Å². The van der Waals surface area contributed by atoms with Crippen LogP contribution in [-0.2, 0) is 11.3 Å². The van der Waals surface area contributed by atoms with Crippen LogP contribution in [0.3, 0.4) is 0 Å². The monoisotopic (exact) mass is 412 g/mol.